The normalized spacial score (nSPS) is 18.2. The lowest BCUT2D eigenvalue weighted by Crippen LogP contribution is -2.39. The Hall–Kier alpha value is -1.88. The number of ether oxygens (including phenoxy) is 2. The third-order valence-corrected chi connectivity index (χ3v) is 4.80. The van der Waals surface area contributed by atoms with E-state index in [-0.39, 0.29) is 6.10 Å². The number of aliphatic hydroxyl groups is 1. The Morgan fingerprint density at radius 3 is 2.65 bits per heavy atom. The Balaban J connectivity index is 1.57. The molecule has 0 unspecified atom stereocenters. The van der Waals surface area contributed by atoms with Crippen LogP contribution in [0.2, 0.25) is 0 Å². The lowest BCUT2D eigenvalue weighted by atomic mass is 10.1. The summed E-state index contributed by atoms with van der Waals surface area (Å²) in [5.41, 5.74) is 2.57. The van der Waals surface area contributed by atoms with Crippen LogP contribution in [0.5, 0.6) is 5.75 Å². The van der Waals surface area contributed by atoms with E-state index in [2.05, 4.69) is 36.1 Å². The van der Waals surface area contributed by atoms with E-state index in [1.54, 1.807) is 0 Å². The van der Waals surface area contributed by atoms with Gasteiger partial charge in [0.05, 0.1) is 6.10 Å². The molecule has 0 amide bonds. The fraction of sp³-hybridized carbons (Fsp3) is 0.455. The molecule has 0 bridgehead atoms. The van der Waals surface area contributed by atoms with Crippen molar-refractivity contribution in [2.24, 2.45) is 0 Å². The summed E-state index contributed by atoms with van der Waals surface area (Å²) in [4.78, 5) is 2.29. The number of hydrogen-bond donors (Lipinski definition) is 1. The van der Waals surface area contributed by atoms with Gasteiger partial charge in [-0.1, -0.05) is 42.5 Å². The Bertz CT molecular complexity index is 655. The molecule has 4 heteroatoms. The average molecular weight is 355 g/mol. The van der Waals surface area contributed by atoms with E-state index in [0.717, 1.165) is 38.3 Å². The minimum atomic E-state index is -0.541. The molecule has 1 fully saturated rings. The van der Waals surface area contributed by atoms with Gasteiger partial charge in [0.1, 0.15) is 18.5 Å². The van der Waals surface area contributed by atoms with Crippen LogP contribution in [0, 0.1) is 6.92 Å². The van der Waals surface area contributed by atoms with Crippen LogP contribution in [0.1, 0.15) is 24.0 Å². The largest absolute Gasteiger partial charge is 0.491 e. The number of nitrogens with zero attached hydrogens (tertiary/aromatic N) is 1. The van der Waals surface area contributed by atoms with Gasteiger partial charge in [0.2, 0.25) is 0 Å². The maximum atomic E-state index is 10.5. The van der Waals surface area contributed by atoms with Gasteiger partial charge in [-0.25, -0.2) is 0 Å². The summed E-state index contributed by atoms with van der Waals surface area (Å²) in [6.45, 7) is 5.50. The van der Waals surface area contributed by atoms with Crippen LogP contribution in [-0.2, 0) is 11.3 Å². The van der Waals surface area contributed by atoms with Crippen molar-refractivity contribution in [1.82, 2.24) is 4.90 Å². The lowest BCUT2D eigenvalue weighted by Gasteiger charge is -2.28. The van der Waals surface area contributed by atoms with Crippen LogP contribution in [0.25, 0.3) is 0 Å². The number of rotatable bonds is 9. The van der Waals surface area contributed by atoms with E-state index >= 15 is 0 Å². The number of para-hydroxylation sites is 1. The Morgan fingerprint density at radius 2 is 1.92 bits per heavy atom. The molecular weight excluding hydrogens is 326 g/mol. The van der Waals surface area contributed by atoms with E-state index < -0.39 is 6.10 Å². The highest BCUT2D eigenvalue weighted by atomic mass is 16.5. The first-order chi connectivity index (χ1) is 12.7. The molecule has 4 nitrogen and oxygen atoms in total. The third-order valence-electron chi connectivity index (χ3n) is 4.80. The highest BCUT2D eigenvalue weighted by Gasteiger charge is 2.21. The monoisotopic (exact) mass is 355 g/mol. The van der Waals surface area contributed by atoms with Gasteiger partial charge in [0, 0.05) is 26.2 Å². The SMILES string of the molecule is Cc1ccccc1CN(C[C@H](O)COc1ccccc1)C[C@@H]1CCCO1. The second-order valence-corrected chi connectivity index (χ2v) is 7.03. The van der Waals surface area contributed by atoms with Crippen molar-refractivity contribution in [1.29, 1.82) is 0 Å². The summed E-state index contributed by atoms with van der Waals surface area (Å²) in [5.74, 6) is 0.788. The van der Waals surface area contributed by atoms with Crippen molar-refractivity contribution in [3.8, 4) is 5.75 Å². The summed E-state index contributed by atoms with van der Waals surface area (Å²) in [7, 11) is 0. The van der Waals surface area contributed by atoms with Crippen LogP contribution >= 0.6 is 0 Å². The topological polar surface area (TPSA) is 41.9 Å². The summed E-state index contributed by atoms with van der Waals surface area (Å²) < 4.78 is 11.5. The zero-order valence-electron chi connectivity index (χ0n) is 15.5. The molecular formula is C22H29NO3. The molecule has 0 saturated carbocycles. The zero-order chi connectivity index (χ0) is 18.2. The van der Waals surface area contributed by atoms with Crippen LogP contribution in [0.3, 0.4) is 0 Å². The van der Waals surface area contributed by atoms with Gasteiger partial charge in [-0.3, -0.25) is 4.90 Å². The van der Waals surface area contributed by atoms with E-state index in [1.807, 2.05) is 30.3 Å². The zero-order valence-corrected chi connectivity index (χ0v) is 15.5. The van der Waals surface area contributed by atoms with Crippen molar-refractivity contribution in [2.75, 3.05) is 26.3 Å². The number of aryl methyl sites for hydroxylation is 1. The quantitative estimate of drug-likeness (QED) is 0.748. The predicted octanol–water partition coefficient (Wildman–Crippen LogP) is 3.42. The molecule has 2 atom stereocenters. The van der Waals surface area contributed by atoms with Gasteiger partial charge in [-0.2, -0.15) is 0 Å². The fourth-order valence-electron chi connectivity index (χ4n) is 3.37. The fourth-order valence-corrected chi connectivity index (χ4v) is 3.37. The molecule has 1 aliphatic rings. The summed E-state index contributed by atoms with van der Waals surface area (Å²) in [5, 5.41) is 10.5. The average Bonchev–Trinajstić information content (AvgIpc) is 3.16. The lowest BCUT2D eigenvalue weighted by molar-refractivity contribution is 0.0313. The van der Waals surface area contributed by atoms with E-state index in [9.17, 15) is 5.11 Å². The van der Waals surface area contributed by atoms with Gasteiger partial charge in [0.25, 0.3) is 0 Å². The smallest absolute Gasteiger partial charge is 0.119 e. The van der Waals surface area contributed by atoms with Gasteiger partial charge in [0.15, 0.2) is 0 Å². The molecule has 0 radical (unpaired) electrons. The number of benzene rings is 2. The summed E-state index contributed by atoms with van der Waals surface area (Å²) in [6, 6.07) is 18.1. The van der Waals surface area contributed by atoms with Crippen molar-refractivity contribution in [3.63, 3.8) is 0 Å². The first-order valence-electron chi connectivity index (χ1n) is 9.45. The molecule has 0 aromatic heterocycles. The third kappa shape index (κ3) is 5.84. The van der Waals surface area contributed by atoms with Gasteiger partial charge in [-0.05, 0) is 43.0 Å². The van der Waals surface area contributed by atoms with Crippen molar-refractivity contribution < 1.29 is 14.6 Å². The minimum absolute atomic E-state index is 0.265. The van der Waals surface area contributed by atoms with Crippen LogP contribution in [0.15, 0.2) is 54.6 Å². The standard InChI is InChI=1S/C22H29NO3/c1-18-8-5-6-9-19(18)14-23(16-22-12-7-13-25-22)15-20(24)17-26-21-10-3-2-4-11-21/h2-6,8-11,20,22,24H,7,12-17H2,1H3/t20-,22-/m0/s1. The van der Waals surface area contributed by atoms with Gasteiger partial charge >= 0.3 is 0 Å². The van der Waals surface area contributed by atoms with Gasteiger partial charge < -0.3 is 14.6 Å². The second kappa shape index (κ2) is 9.72. The van der Waals surface area contributed by atoms with Crippen LogP contribution in [0.4, 0.5) is 0 Å². The minimum Gasteiger partial charge on any atom is -0.491 e. The number of hydrogen-bond acceptors (Lipinski definition) is 4. The summed E-state index contributed by atoms with van der Waals surface area (Å²) >= 11 is 0. The molecule has 1 saturated heterocycles. The molecule has 1 N–H and O–H groups in total. The van der Waals surface area contributed by atoms with Crippen molar-refractivity contribution >= 4 is 0 Å². The highest BCUT2D eigenvalue weighted by Crippen LogP contribution is 2.17. The molecule has 2 aromatic rings. The van der Waals surface area contributed by atoms with Crippen LogP contribution in [-0.4, -0.2) is 48.5 Å². The highest BCUT2D eigenvalue weighted by molar-refractivity contribution is 5.25. The Morgan fingerprint density at radius 1 is 1.15 bits per heavy atom. The van der Waals surface area contributed by atoms with E-state index in [0.29, 0.717) is 13.2 Å². The molecule has 2 aromatic carbocycles. The van der Waals surface area contributed by atoms with Crippen LogP contribution < -0.4 is 4.74 Å². The molecule has 1 aliphatic heterocycles. The van der Waals surface area contributed by atoms with E-state index in [4.69, 9.17) is 9.47 Å². The molecule has 26 heavy (non-hydrogen) atoms. The van der Waals surface area contributed by atoms with E-state index in [1.165, 1.54) is 11.1 Å². The molecule has 3 rings (SSSR count). The van der Waals surface area contributed by atoms with Gasteiger partial charge in [-0.15, -0.1) is 0 Å². The first-order valence-corrected chi connectivity index (χ1v) is 9.45. The maximum Gasteiger partial charge on any atom is 0.119 e. The van der Waals surface area contributed by atoms with Crippen molar-refractivity contribution in [3.05, 3.63) is 65.7 Å². The maximum absolute atomic E-state index is 10.5. The first kappa shape index (κ1) is 18.9. The second-order valence-electron chi connectivity index (χ2n) is 7.03. The Kier molecular flexibility index (Phi) is 7.06. The molecule has 0 aliphatic carbocycles. The molecule has 1 heterocycles. The molecule has 0 spiro atoms. The molecule has 140 valence electrons. The number of aliphatic hydroxyl groups excluding tert-OH is 1. The predicted molar refractivity (Wildman–Crippen MR) is 103 cm³/mol. The van der Waals surface area contributed by atoms with Crippen molar-refractivity contribution in [2.45, 2.75) is 38.5 Å². The summed E-state index contributed by atoms with van der Waals surface area (Å²) in [6.07, 6.45) is 1.95. The Labute approximate surface area is 156 Å².